The molecule has 606 valence electrons. The number of likely N-dealkylation sites (N-methyl/N-ethyl adjacent to an activating group) is 2. The molecule has 0 unspecified atom stereocenters. The van der Waals surface area contributed by atoms with Gasteiger partial charge in [0.2, 0.25) is 24.0 Å². The third-order valence-electron chi connectivity index (χ3n) is 20.8. The van der Waals surface area contributed by atoms with Crippen LogP contribution in [0.25, 0.3) is 33.3 Å². The van der Waals surface area contributed by atoms with Gasteiger partial charge in [0.25, 0.3) is 15.7 Å². The van der Waals surface area contributed by atoms with Crippen molar-refractivity contribution in [3.05, 3.63) is 110 Å². The maximum Gasteiger partial charge on any atom is 0.410 e. The number of benzene rings is 2. The highest BCUT2D eigenvalue weighted by Gasteiger charge is 2.50. The number of aliphatic carboxylic acids is 1. The predicted octanol–water partition coefficient (Wildman–Crippen LogP) is 3.33. The number of aromatic nitrogens is 4. The Hall–Kier alpha value is -9.89. The van der Waals surface area contributed by atoms with Gasteiger partial charge in [0.05, 0.1) is 79.8 Å². The number of carbonyl (C=O) groups excluding carboxylic acids is 8. The van der Waals surface area contributed by atoms with Crippen molar-refractivity contribution in [2.24, 2.45) is 17.8 Å². The number of aryl methyl sites for hydroxylation is 2. The number of fused-ring (bicyclic) bond motifs is 8. The molecular formula is C76H97N11O24S. The quantitative estimate of drug-likeness (QED) is 0.0203. The number of aromatic hydroxyl groups is 1. The van der Waals surface area contributed by atoms with Gasteiger partial charge in [-0.15, -0.1) is 0 Å². The van der Waals surface area contributed by atoms with E-state index in [9.17, 15) is 86.4 Å². The maximum atomic E-state index is 14.4. The number of anilines is 1. The number of Topliss-reactive ketones (excluding diaryl/α,β-unsaturated/α-hetero) is 3. The molecule has 0 bridgehead atoms. The fourth-order valence-electron chi connectivity index (χ4n) is 14.4. The molecule has 112 heavy (non-hydrogen) atoms. The van der Waals surface area contributed by atoms with Crippen molar-refractivity contribution < 1.29 is 110 Å². The number of pyridine rings is 3. The Morgan fingerprint density at radius 3 is 2.21 bits per heavy atom. The first kappa shape index (κ1) is 84.6. The molecule has 0 saturated carbocycles. The Kier molecular flexibility index (Phi) is 27.4. The molecule has 6 aromatic rings. The predicted molar refractivity (Wildman–Crippen MR) is 400 cm³/mol. The molecule has 9 atom stereocenters. The van der Waals surface area contributed by atoms with Crippen molar-refractivity contribution in [2.75, 3.05) is 85.3 Å². The highest BCUT2D eigenvalue weighted by molar-refractivity contribution is 7.85. The Balaban J connectivity index is 0.682. The van der Waals surface area contributed by atoms with E-state index in [1.807, 2.05) is 42.7 Å². The largest absolute Gasteiger partial charge is 0.508 e. The van der Waals surface area contributed by atoms with Gasteiger partial charge >= 0.3 is 18.2 Å². The number of carbonyl (C=O) groups is 9. The smallest absolute Gasteiger partial charge is 0.410 e. The van der Waals surface area contributed by atoms with Gasteiger partial charge in [-0.05, 0) is 90.4 Å². The second-order valence-corrected chi connectivity index (χ2v) is 30.5. The molecule has 4 aliphatic rings. The molecule has 0 radical (unpaired) electrons. The van der Waals surface area contributed by atoms with Gasteiger partial charge in [-0.3, -0.25) is 38.1 Å². The Labute approximate surface area is 645 Å². The van der Waals surface area contributed by atoms with Crippen LogP contribution in [-0.2, 0) is 119 Å². The summed E-state index contributed by atoms with van der Waals surface area (Å²) in [6, 6.07) is 13.3. The van der Waals surface area contributed by atoms with Gasteiger partial charge in [0, 0.05) is 138 Å². The molecule has 4 aromatic heterocycles. The van der Waals surface area contributed by atoms with Gasteiger partial charge in [-0.1, -0.05) is 40.7 Å². The molecule has 2 aromatic carbocycles. The van der Waals surface area contributed by atoms with Crippen LogP contribution in [-0.4, -0.2) is 247 Å². The fraction of sp³-hybridized carbons (Fsp3) is 0.526. The molecule has 36 heteroatoms. The minimum Gasteiger partial charge on any atom is -0.508 e. The van der Waals surface area contributed by atoms with Gasteiger partial charge in [0.1, 0.15) is 47.8 Å². The van der Waals surface area contributed by atoms with Gasteiger partial charge in [-0.2, -0.15) is 8.42 Å². The number of aliphatic hydroxyl groups is 3. The van der Waals surface area contributed by atoms with Crippen LogP contribution in [0.15, 0.2) is 65.6 Å². The first-order chi connectivity index (χ1) is 53.1. The summed E-state index contributed by atoms with van der Waals surface area (Å²) in [4.78, 5) is 147. The number of aliphatic hydroxyl groups excluding tert-OH is 3. The molecular weight excluding hydrogens is 1480 g/mol. The monoisotopic (exact) mass is 1580 g/mol. The molecule has 3 aliphatic heterocycles. The minimum absolute atomic E-state index is 0.00757. The van der Waals surface area contributed by atoms with Crippen molar-refractivity contribution >= 4 is 91.0 Å². The van der Waals surface area contributed by atoms with Gasteiger partial charge in [0.15, 0.2) is 23.3 Å². The molecule has 1 aliphatic carbocycles. The number of amides is 5. The average Bonchev–Trinajstić information content (AvgIpc) is 1.49. The lowest BCUT2D eigenvalue weighted by Crippen LogP contribution is -2.61. The van der Waals surface area contributed by atoms with Crippen LogP contribution in [0.5, 0.6) is 11.5 Å². The van der Waals surface area contributed by atoms with E-state index in [1.54, 1.807) is 49.7 Å². The summed E-state index contributed by atoms with van der Waals surface area (Å²) in [6.45, 7) is 9.21. The summed E-state index contributed by atoms with van der Waals surface area (Å²) in [5, 5.41) is 65.8. The van der Waals surface area contributed by atoms with Crippen molar-refractivity contribution in [1.29, 1.82) is 0 Å². The zero-order chi connectivity index (χ0) is 81.4. The summed E-state index contributed by atoms with van der Waals surface area (Å²) in [7, 11) is 2.06. The van der Waals surface area contributed by atoms with E-state index in [1.165, 1.54) is 45.3 Å². The second kappa shape index (κ2) is 36.3. The fourth-order valence-corrected chi connectivity index (χ4v) is 15.2. The van der Waals surface area contributed by atoms with Crippen LogP contribution in [0.2, 0.25) is 0 Å². The zero-order valence-electron chi connectivity index (χ0n) is 63.8. The van der Waals surface area contributed by atoms with E-state index >= 15 is 0 Å². The number of nitrogens with one attached hydrogen (secondary N) is 3. The van der Waals surface area contributed by atoms with E-state index in [0.29, 0.717) is 47.6 Å². The molecule has 1 fully saturated rings. The molecule has 10 rings (SSSR count). The zero-order valence-corrected chi connectivity index (χ0v) is 64.7. The number of ketones is 3. The number of ether oxygens (including phenoxy) is 6. The molecule has 7 heterocycles. The molecule has 1 saturated heterocycles. The van der Waals surface area contributed by atoms with Crippen molar-refractivity contribution in [3.8, 4) is 22.9 Å². The topological polar surface area (TPSA) is 466 Å². The van der Waals surface area contributed by atoms with Crippen LogP contribution < -0.4 is 26.2 Å². The molecule has 5 amide bonds. The van der Waals surface area contributed by atoms with Gasteiger partial charge < -0.3 is 88.8 Å². The molecule has 9 N–H and O–H groups in total. The van der Waals surface area contributed by atoms with E-state index in [2.05, 4.69) is 25.9 Å². The summed E-state index contributed by atoms with van der Waals surface area (Å²) in [6.07, 6.45) is -10.9. The number of nitrogens with zero attached hydrogens (tertiary/aromatic N) is 8. The number of hydrogen-bond acceptors (Lipinski definition) is 26. The summed E-state index contributed by atoms with van der Waals surface area (Å²) < 4.78 is 71.3. The summed E-state index contributed by atoms with van der Waals surface area (Å²) in [5.41, 5.74) is 4.61. The number of rotatable bonds is 35. The van der Waals surface area contributed by atoms with E-state index < -0.39 is 143 Å². The van der Waals surface area contributed by atoms with E-state index in [4.69, 9.17) is 33.4 Å². The Morgan fingerprint density at radius 2 is 1.51 bits per heavy atom. The first-order valence-electron chi connectivity index (χ1n) is 37.0. The van der Waals surface area contributed by atoms with Crippen LogP contribution in [0.4, 0.5) is 15.3 Å². The standard InChI is InChI=1S/C76H97N11O24S/c1-10-47-50-34-45(88)15-18-54(50)79-63-52(47)37-87-56(63)35-53-49(71(87)98)16-19-60(91)76(53,11-2)111-75(102)83(7)26-25-82(6)74(101)108-39-43-14-17-55(59(32-43)109-73-66(95)64(93)65(94)67(110-73)72(99)100)80-69(96)42(5)31-58(90)62(41(3)4)81-61(92)21-27-106-29-30-107-28-23-78-70(97)44(40-112(103,104)105)33-46(89)20-24-86-57-38-85(9)84(8)36-51(57)48-13-12-22-77-68(48)86/h12-15,17-18,22,32,34-35,41-42,44,62,64-67,73,88,93-95H,10-11,16,19-21,23-31,33,36-40H2,1-9H3,(H,78,97)(H,80,96)(H,81,92)(H,99,100)(H,103,104,105)/t42-,44+,62+,64+,65+,66-,67+,73-,76+/m1/s1. The number of hydrogen-bond donors (Lipinski definition) is 9. The number of carboxylic acids is 1. The van der Waals surface area contributed by atoms with Crippen LogP contribution in [0.1, 0.15) is 112 Å². The Bertz CT molecular complexity index is 4760. The minimum atomic E-state index is -4.65. The van der Waals surface area contributed by atoms with Crippen LogP contribution in [0, 0.1) is 17.8 Å². The average molecular weight is 1580 g/mol. The normalized spacial score (nSPS) is 19.7. The summed E-state index contributed by atoms with van der Waals surface area (Å²) >= 11 is 0. The third-order valence-corrected chi connectivity index (χ3v) is 21.6. The van der Waals surface area contributed by atoms with Crippen molar-refractivity contribution in [2.45, 2.75) is 161 Å². The lowest BCUT2D eigenvalue weighted by molar-refractivity contribution is -0.271. The first-order valence-corrected chi connectivity index (χ1v) is 38.6. The Morgan fingerprint density at radius 1 is 0.795 bits per heavy atom. The van der Waals surface area contributed by atoms with Crippen LogP contribution in [0.3, 0.4) is 0 Å². The number of phenols is 1. The SMILES string of the molecule is CCc1c2c(nc3ccc(O)cc13)-c1cc3c(c(=O)n1C2)CCC(=O)[C@@]3(CC)OC(=O)N(C)CCN(C)C(=O)OCc1ccc(NC(=O)[C@H](C)CC(=O)[C@@H](NC(=O)CCOCCOCCNC(=O)[C@@H](CC(=O)CCn2c3c(c4cccnc42)CN(C)N(C)C3)CS(=O)(=O)O)C(C)C)c(O[C@@H]2O[C@H](C(=O)O)[C@@H](O)[C@H](O)[C@H]2O)c1. The summed E-state index contributed by atoms with van der Waals surface area (Å²) in [5.74, 6) is -9.22. The van der Waals surface area contributed by atoms with Crippen LogP contribution >= 0.6 is 0 Å². The molecule has 0 spiro atoms. The van der Waals surface area contributed by atoms with E-state index in [-0.39, 0.29) is 131 Å². The maximum absolute atomic E-state index is 14.4. The van der Waals surface area contributed by atoms with Crippen molar-refractivity contribution in [3.63, 3.8) is 0 Å². The van der Waals surface area contributed by atoms with Crippen molar-refractivity contribution in [1.82, 2.24) is 49.6 Å². The second-order valence-electron chi connectivity index (χ2n) is 29.0. The number of phenolic OH excluding ortho intramolecular Hbond substituents is 1. The highest BCUT2D eigenvalue weighted by Crippen LogP contribution is 2.44. The number of carboxylic acid groups (broad SMARTS) is 1. The van der Waals surface area contributed by atoms with Gasteiger partial charge in [-0.25, -0.2) is 34.4 Å². The lowest BCUT2D eigenvalue weighted by Gasteiger charge is -2.38. The number of hydrazine groups is 1. The third kappa shape index (κ3) is 19.2. The van der Waals surface area contributed by atoms with E-state index in [0.717, 1.165) is 43.0 Å². The lowest BCUT2D eigenvalue weighted by atomic mass is 9.76. The molecule has 35 nitrogen and oxygen atoms in total. The highest BCUT2D eigenvalue weighted by atomic mass is 32.2.